The van der Waals surface area contributed by atoms with Crippen molar-refractivity contribution in [1.29, 1.82) is 0 Å². The highest BCUT2D eigenvalue weighted by Crippen LogP contribution is 2.26. The van der Waals surface area contributed by atoms with Gasteiger partial charge >= 0.3 is 12.0 Å². The molecule has 21 heavy (non-hydrogen) atoms. The number of anilines is 1. The zero-order valence-corrected chi connectivity index (χ0v) is 12.5. The van der Waals surface area contributed by atoms with Crippen molar-refractivity contribution in [3.05, 3.63) is 28.8 Å². The molecule has 0 fully saturated rings. The molecule has 0 aromatic heterocycles. The van der Waals surface area contributed by atoms with Gasteiger partial charge in [0, 0.05) is 6.07 Å². The molecule has 0 saturated heterocycles. The minimum Gasteiger partial charge on any atom is -0.480 e. The number of aliphatic carboxylic acids is 1. The molecule has 1 rings (SSSR count). The summed E-state index contributed by atoms with van der Waals surface area (Å²) < 4.78 is 26.4. The second-order valence-corrected chi connectivity index (χ2v) is 5.41. The average Bonchev–Trinajstić information content (AvgIpc) is 2.38. The van der Waals surface area contributed by atoms with Crippen LogP contribution < -0.4 is 10.6 Å². The van der Waals surface area contributed by atoms with Crippen molar-refractivity contribution in [3.63, 3.8) is 0 Å². The second-order valence-electron chi connectivity index (χ2n) is 4.02. The van der Waals surface area contributed by atoms with Crippen molar-refractivity contribution in [2.75, 3.05) is 17.3 Å². The Kier molecular flexibility index (Phi) is 6.70. The standard InChI is InChI=1S/C12H13ClF2N2O3S/c1-21-3-2-9(11(18)19)16-12(20)17-10-7(13)4-6(14)5-8(10)15/h4-5,9H,2-3H2,1H3,(H,18,19)(H2,16,17,20)/t9-/m0/s1. The van der Waals surface area contributed by atoms with E-state index in [-0.39, 0.29) is 11.4 Å². The van der Waals surface area contributed by atoms with Crippen molar-refractivity contribution < 1.29 is 23.5 Å². The first-order valence-corrected chi connectivity index (χ1v) is 7.56. The predicted molar refractivity (Wildman–Crippen MR) is 77.9 cm³/mol. The van der Waals surface area contributed by atoms with Crippen molar-refractivity contribution in [2.45, 2.75) is 12.5 Å². The number of amides is 2. The number of carbonyl (C=O) groups is 2. The van der Waals surface area contributed by atoms with Gasteiger partial charge in [-0.15, -0.1) is 0 Å². The van der Waals surface area contributed by atoms with Crippen molar-refractivity contribution >= 4 is 41.1 Å². The van der Waals surface area contributed by atoms with Crippen LogP contribution in [0.2, 0.25) is 5.02 Å². The normalized spacial score (nSPS) is 11.8. The molecule has 1 aromatic carbocycles. The van der Waals surface area contributed by atoms with E-state index in [9.17, 15) is 18.4 Å². The van der Waals surface area contributed by atoms with Crippen LogP contribution in [0.15, 0.2) is 12.1 Å². The van der Waals surface area contributed by atoms with Crippen LogP contribution >= 0.6 is 23.4 Å². The van der Waals surface area contributed by atoms with Crippen LogP contribution in [0.5, 0.6) is 0 Å². The van der Waals surface area contributed by atoms with E-state index in [1.165, 1.54) is 11.8 Å². The summed E-state index contributed by atoms with van der Waals surface area (Å²) in [4.78, 5) is 22.6. The molecule has 2 amide bonds. The number of benzene rings is 1. The smallest absolute Gasteiger partial charge is 0.326 e. The summed E-state index contributed by atoms with van der Waals surface area (Å²) in [5.41, 5.74) is -0.412. The van der Waals surface area contributed by atoms with E-state index in [1.807, 2.05) is 0 Å². The van der Waals surface area contributed by atoms with Gasteiger partial charge in [0.15, 0.2) is 5.82 Å². The van der Waals surface area contributed by atoms with E-state index in [4.69, 9.17) is 16.7 Å². The molecule has 1 aromatic rings. The highest BCUT2D eigenvalue weighted by Gasteiger charge is 2.21. The van der Waals surface area contributed by atoms with Gasteiger partial charge in [0.05, 0.1) is 10.7 Å². The van der Waals surface area contributed by atoms with E-state index in [0.29, 0.717) is 11.8 Å². The Morgan fingerprint density at radius 2 is 2.10 bits per heavy atom. The van der Waals surface area contributed by atoms with E-state index >= 15 is 0 Å². The van der Waals surface area contributed by atoms with Gasteiger partial charge in [-0.1, -0.05) is 11.6 Å². The molecule has 0 spiro atoms. The van der Waals surface area contributed by atoms with Gasteiger partial charge in [-0.3, -0.25) is 0 Å². The Hall–Kier alpha value is -1.54. The van der Waals surface area contributed by atoms with Crippen LogP contribution in [-0.4, -0.2) is 35.2 Å². The number of hydrogen-bond acceptors (Lipinski definition) is 3. The summed E-state index contributed by atoms with van der Waals surface area (Å²) in [6.45, 7) is 0. The largest absolute Gasteiger partial charge is 0.480 e. The number of urea groups is 1. The maximum Gasteiger partial charge on any atom is 0.326 e. The molecular weight excluding hydrogens is 326 g/mol. The lowest BCUT2D eigenvalue weighted by atomic mass is 10.2. The summed E-state index contributed by atoms with van der Waals surface area (Å²) in [5.74, 6) is -2.61. The first-order chi connectivity index (χ1) is 9.85. The lowest BCUT2D eigenvalue weighted by Crippen LogP contribution is -2.43. The minimum atomic E-state index is -1.20. The number of carbonyl (C=O) groups excluding carboxylic acids is 1. The minimum absolute atomic E-state index is 0.212. The van der Waals surface area contributed by atoms with Crippen LogP contribution in [-0.2, 0) is 4.79 Å². The molecule has 0 heterocycles. The molecule has 5 nitrogen and oxygen atoms in total. The Labute approximate surface area is 129 Å². The van der Waals surface area contributed by atoms with Gasteiger partial charge < -0.3 is 15.7 Å². The quantitative estimate of drug-likeness (QED) is 0.745. The molecule has 3 N–H and O–H groups in total. The third-order valence-corrected chi connectivity index (χ3v) is 3.40. The fourth-order valence-electron chi connectivity index (χ4n) is 1.46. The molecule has 0 aliphatic carbocycles. The monoisotopic (exact) mass is 338 g/mol. The molecule has 0 saturated carbocycles. The number of hydrogen-bond donors (Lipinski definition) is 3. The lowest BCUT2D eigenvalue weighted by Gasteiger charge is -2.15. The van der Waals surface area contributed by atoms with E-state index < -0.39 is 35.4 Å². The lowest BCUT2D eigenvalue weighted by molar-refractivity contribution is -0.139. The third kappa shape index (κ3) is 5.39. The van der Waals surface area contributed by atoms with Crippen LogP contribution in [0.3, 0.4) is 0 Å². The number of rotatable bonds is 6. The van der Waals surface area contributed by atoms with E-state index in [2.05, 4.69) is 10.6 Å². The van der Waals surface area contributed by atoms with Crippen LogP contribution in [0.4, 0.5) is 19.3 Å². The number of carboxylic acid groups (broad SMARTS) is 1. The zero-order valence-electron chi connectivity index (χ0n) is 11.0. The van der Waals surface area contributed by atoms with Crippen molar-refractivity contribution in [3.8, 4) is 0 Å². The number of nitrogens with one attached hydrogen (secondary N) is 2. The molecular formula is C12H13ClF2N2O3S. The SMILES string of the molecule is CSCC[C@H](NC(=O)Nc1c(F)cc(F)cc1Cl)C(=O)O. The summed E-state index contributed by atoms with van der Waals surface area (Å²) in [6, 6.07) is -0.650. The Morgan fingerprint density at radius 3 is 2.62 bits per heavy atom. The summed E-state index contributed by atoms with van der Waals surface area (Å²) >= 11 is 7.05. The van der Waals surface area contributed by atoms with Crippen molar-refractivity contribution in [1.82, 2.24) is 5.32 Å². The highest BCUT2D eigenvalue weighted by atomic mass is 35.5. The first-order valence-electron chi connectivity index (χ1n) is 5.79. The van der Waals surface area contributed by atoms with E-state index in [1.54, 1.807) is 6.26 Å². The fourth-order valence-corrected chi connectivity index (χ4v) is 2.18. The van der Waals surface area contributed by atoms with Gasteiger partial charge in [0.1, 0.15) is 11.9 Å². The number of halogens is 3. The van der Waals surface area contributed by atoms with Gasteiger partial charge in [-0.2, -0.15) is 11.8 Å². The molecule has 9 heteroatoms. The van der Waals surface area contributed by atoms with Gasteiger partial charge in [-0.05, 0) is 24.5 Å². The molecule has 0 bridgehead atoms. The summed E-state index contributed by atoms with van der Waals surface area (Å²) in [6.07, 6.45) is 2.01. The summed E-state index contributed by atoms with van der Waals surface area (Å²) in [5, 5.41) is 12.9. The van der Waals surface area contributed by atoms with Crippen LogP contribution in [0, 0.1) is 11.6 Å². The van der Waals surface area contributed by atoms with E-state index in [0.717, 1.165) is 6.07 Å². The molecule has 0 radical (unpaired) electrons. The third-order valence-electron chi connectivity index (χ3n) is 2.46. The van der Waals surface area contributed by atoms with Gasteiger partial charge in [0.25, 0.3) is 0 Å². The summed E-state index contributed by atoms with van der Waals surface area (Å²) in [7, 11) is 0. The number of thioether (sulfide) groups is 1. The molecule has 0 unspecified atom stereocenters. The average molecular weight is 339 g/mol. The van der Waals surface area contributed by atoms with Crippen LogP contribution in [0.25, 0.3) is 0 Å². The van der Waals surface area contributed by atoms with Crippen molar-refractivity contribution in [2.24, 2.45) is 0 Å². The maximum atomic E-state index is 13.5. The second kappa shape index (κ2) is 8.04. The first kappa shape index (κ1) is 17.5. The maximum absolute atomic E-state index is 13.5. The fraction of sp³-hybridized carbons (Fsp3) is 0.333. The van der Waals surface area contributed by atoms with Gasteiger partial charge in [-0.25, -0.2) is 18.4 Å². The molecule has 0 aliphatic rings. The highest BCUT2D eigenvalue weighted by molar-refractivity contribution is 7.98. The molecule has 1 atom stereocenters. The Balaban J connectivity index is 2.74. The predicted octanol–water partition coefficient (Wildman–Crippen LogP) is 2.95. The Morgan fingerprint density at radius 1 is 1.43 bits per heavy atom. The number of carboxylic acids is 1. The van der Waals surface area contributed by atoms with Crippen LogP contribution in [0.1, 0.15) is 6.42 Å². The van der Waals surface area contributed by atoms with Gasteiger partial charge in [0.2, 0.25) is 0 Å². The Bertz CT molecular complexity index is 522. The topological polar surface area (TPSA) is 78.4 Å². The molecule has 116 valence electrons. The zero-order chi connectivity index (χ0) is 16.0. The molecule has 0 aliphatic heterocycles.